The van der Waals surface area contributed by atoms with E-state index in [2.05, 4.69) is 6.92 Å². The molecule has 2 aromatic rings. The van der Waals surface area contributed by atoms with Gasteiger partial charge >= 0.3 is 12.1 Å². The number of rotatable bonds is 13. The van der Waals surface area contributed by atoms with Gasteiger partial charge in [0.2, 0.25) is 6.10 Å². The number of halogens is 3. The van der Waals surface area contributed by atoms with E-state index in [4.69, 9.17) is 14.2 Å². The lowest BCUT2D eigenvalue weighted by Crippen LogP contribution is -2.46. The second-order valence-electron chi connectivity index (χ2n) is 9.40. The Morgan fingerprint density at radius 2 is 1.58 bits per heavy atom. The summed E-state index contributed by atoms with van der Waals surface area (Å²) in [5.74, 6) is -0.476. The zero-order chi connectivity index (χ0) is 26.0. The third-order valence-electron chi connectivity index (χ3n) is 6.62. The third-order valence-corrected chi connectivity index (χ3v) is 6.62. The number of carbonyl (C=O) groups is 1. The van der Waals surface area contributed by atoms with Crippen molar-refractivity contribution in [2.45, 2.75) is 83.6 Å². The average molecular weight is 507 g/mol. The van der Waals surface area contributed by atoms with Gasteiger partial charge in [0.1, 0.15) is 11.9 Å². The molecule has 0 N–H and O–H groups in total. The highest BCUT2D eigenvalue weighted by Gasteiger charge is 2.52. The van der Waals surface area contributed by atoms with Crippen LogP contribution in [0, 0.1) is 5.92 Å². The van der Waals surface area contributed by atoms with Gasteiger partial charge in [0.15, 0.2) is 0 Å². The number of hydrogen-bond acceptors (Lipinski definition) is 4. The molecule has 0 bridgehead atoms. The molecule has 1 saturated heterocycles. The summed E-state index contributed by atoms with van der Waals surface area (Å²) in [5, 5.41) is 0. The summed E-state index contributed by atoms with van der Waals surface area (Å²) in [6.45, 7) is 5.09. The first-order valence-electron chi connectivity index (χ1n) is 13.1. The lowest BCUT2D eigenvalue weighted by molar-refractivity contribution is -0.235. The Morgan fingerprint density at radius 1 is 0.944 bits per heavy atom. The van der Waals surface area contributed by atoms with E-state index >= 15 is 0 Å². The monoisotopic (exact) mass is 506 g/mol. The van der Waals surface area contributed by atoms with E-state index in [0.29, 0.717) is 19.4 Å². The first-order chi connectivity index (χ1) is 17.3. The van der Waals surface area contributed by atoms with Crippen molar-refractivity contribution in [3.63, 3.8) is 0 Å². The van der Waals surface area contributed by atoms with Crippen LogP contribution in [0.3, 0.4) is 0 Å². The number of alkyl halides is 3. The van der Waals surface area contributed by atoms with Crippen LogP contribution in [0.25, 0.3) is 11.1 Å². The lowest BCUT2D eigenvalue weighted by atomic mass is 9.91. The van der Waals surface area contributed by atoms with Crippen molar-refractivity contribution in [3.8, 4) is 16.9 Å². The molecule has 0 aromatic heterocycles. The Kier molecular flexibility index (Phi) is 10.7. The van der Waals surface area contributed by atoms with Crippen LogP contribution in [0.1, 0.15) is 75.6 Å². The fourth-order valence-corrected chi connectivity index (χ4v) is 4.53. The second-order valence-corrected chi connectivity index (χ2v) is 9.40. The molecule has 1 heterocycles. The minimum Gasteiger partial charge on any atom is -0.494 e. The maximum Gasteiger partial charge on any atom is 0.428 e. The molecule has 0 spiro atoms. The molecule has 0 radical (unpaired) electrons. The van der Waals surface area contributed by atoms with Crippen LogP contribution in [0.4, 0.5) is 13.2 Å². The van der Waals surface area contributed by atoms with Gasteiger partial charge < -0.3 is 14.2 Å². The van der Waals surface area contributed by atoms with Crippen LogP contribution in [-0.2, 0) is 9.47 Å². The quantitative estimate of drug-likeness (QED) is 0.204. The Morgan fingerprint density at radius 3 is 2.19 bits per heavy atom. The summed E-state index contributed by atoms with van der Waals surface area (Å²) < 4.78 is 57.7. The maximum absolute atomic E-state index is 13.8. The fraction of sp³-hybridized carbons (Fsp3) is 0.552. The molecule has 3 atom stereocenters. The predicted molar refractivity (Wildman–Crippen MR) is 134 cm³/mol. The molecule has 2 aromatic carbocycles. The van der Waals surface area contributed by atoms with Crippen molar-refractivity contribution in [2.75, 3.05) is 13.2 Å². The van der Waals surface area contributed by atoms with E-state index in [-0.39, 0.29) is 18.1 Å². The van der Waals surface area contributed by atoms with Crippen molar-refractivity contribution in [3.05, 3.63) is 54.1 Å². The van der Waals surface area contributed by atoms with E-state index in [1.807, 2.05) is 31.2 Å². The first-order valence-corrected chi connectivity index (χ1v) is 13.1. The molecule has 3 rings (SSSR count). The predicted octanol–water partition coefficient (Wildman–Crippen LogP) is 8.00. The summed E-state index contributed by atoms with van der Waals surface area (Å²) in [6.07, 6.45) is -0.689. The van der Waals surface area contributed by atoms with Gasteiger partial charge in [-0.05, 0) is 60.6 Å². The Labute approximate surface area is 212 Å². The Bertz CT molecular complexity index is 925. The van der Waals surface area contributed by atoms with Gasteiger partial charge in [-0.1, -0.05) is 70.2 Å². The van der Waals surface area contributed by atoms with Crippen LogP contribution in [0.2, 0.25) is 0 Å². The molecule has 0 amide bonds. The standard InChI is InChI=1S/C29H37F3O4/c1-3-5-7-8-19-34-25-16-14-22(15-17-25)21-10-12-24(13-11-21)28(33)36-27(29(30,31)32)26-23(9-6-4-2)18-20-35-26/h10-17,23,26-27H,3-9,18-20H2,1-2H3/t23-,26-,27+/m0/s1. The average Bonchev–Trinajstić information content (AvgIpc) is 3.33. The molecule has 1 aliphatic heterocycles. The zero-order valence-corrected chi connectivity index (χ0v) is 21.2. The van der Waals surface area contributed by atoms with Crippen molar-refractivity contribution >= 4 is 5.97 Å². The van der Waals surface area contributed by atoms with Crippen molar-refractivity contribution in [1.82, 2.24) is 0 Å². The van der Waals surface area contributed by atoms with Crippen LogP contribution in [0.5, 0.6) is 5.75 Å². The molecular formula is C29H37F3O4. The van der Waals surface area contributed by atoms with Gasteiger partial charge in [0.25, 0.3) is 0 Å². The van der Waals surface area contributed by atoms with E-state index < -0.39 is 24.4 Å². The first kappa shape index (κ1) is 28.0. The zero-order valence-electron chi connectivity index (χ0n) is 21.2. The minimum atomic E-state index is -4.70. The number of ether oxygens (including phenoxy) is 3. The highest BCUT2D eigenvalue weighted by atomic mass is 19.4. The topological polar surface area (TPSA) is 44.8 Å². The van der Waals surface area contributed by atoms with Crippen molar-refractivity contribution in [2.24, 2.45) is 5.92 Å². The van der Waals surface area contributed by atoms with Gasteiger partial charge in [-0.25, -0.2) is 4.79 Å². The summed E-state index contributed by atoms with van der Waals surface area (Å²) in [4.78, 5) is 12.6. The molecule has 0 aliphatic carbocycles. The molecule has 7 heteroatoms. The van der Waals surface area contributed by atoms with Gasteiger partial charge in [0, 0.05) is 6.61 Å². The number of esters is 1. The van der Waals surface area contributed by atoms with E-state index in [0.717, 1.165) is 42.6 Å². The Hall–Kier alpha value is -2.54. The molecule has 1 fully saturated rings. The van der Waals surface area contributed by atoms with Gasteiger partial charge in [-0.2, -0.15) is 13.2 Å². The third kappa shape index (κ3) is 7.99. The maximum atomic E-state index is 13.8. The second kappa shape index (κ2) is 13.7. The van der Waals surface area contributed by atoms with E-state index in [9.17, 15) is 18.0 Å². The molecule has 1 aliphatic rings. The highest BCUT2D eigenvalue weighted by Crippen LogP contribution is 2.37. The number of benzene rings is 2. The van der Waals surface area contributed by atoms with E-state index in [1.54, 1.807) is 12.1 Å². The number of carbonyl (C=O) groups excluding carboxylic acids is 1. The van der Waals surface area contributed by atoms with Gasteiger partial charge in [0.05, 0.1) is 12.2 Å². The Balaban J connectivity index is 1.61. The van der Waals surface area contributed by atoms with Crippen LogP contribution in [-0.4, -0.2) is 37.6 Å². The van der Waals surface area contributed by atoms with Crippen LogP contribution in [0.15, 0.2) is 48.5 Å². The summed E-state index contributed by atoms with van der Waals surface area (Å²) >= 11 is 0. The minimum absolute atomic E-state index is 0.0723. The van der Waals surface area contributed by atoms with E-state index in [1.165, 1.54) is 25.0 Å². The SMILES string of the molecule is CCCCCCOc1ccc(-c2ccc(C(=O)O[C@H]([C@H]3OCC[C@@H]3CCCC)C(F)(F)F)cc2)cc1. The molecule has 4 nitrogen and oxygen atoms in total. The summed E-state index contributed by atoms with van der Waals surface area (Å²) in [7, 11) is 0. The summed E-state index contributed by atoms with van der Waals surface area (Å²) in [6, 6.07) is 14.0. The summed E-state index contributed by atoms with van der Waals surface area (Å²) in [5.41, 5.74) is 1.83. The lowest BCUT2D eigenvalue weighted by Gasteiger charge is -2.29. The molecule has 0 unspecified atom stereocenters. The number of unbranched alkanes of at least 4 members (excludes halogenated alkanes) is 4. The largest absolute Gasteiger partial charge is 0.494 e. The van der Waals surface area contributed by atoms with Crippen LogP contribution < -0.4 is 4.74 Å². The molecule has 198 valence electrons. The van der Waals surface area contributed by atoms with Crippen molar-refractivity contribution in [1.29, 1.82) is 0 Å². The smallest absolute Gasteiger partial charge is 0.428 e. The molecular weight excluding hydrogens is 469 g/mol. The highest BCUT2D eigenvalue weighted by molar-refractivity contribution is 5.90. The normalized spacial score (nSPS) is 18.7. The van der Waals surface area contributed by atoms with Gasteiger partial charge in [-0.15, -0.1) is 0 Å². The fourth-order valence-electron chi connectivity index (χ4n) is 4.53. The number of hydrogen-bond donors (Lipinski definition) is 0. The van der Waals surface area contributed by atoms with Crippen LogP contribution >= 0.6 is 0 Å². The van der Waals surface area contributed by atoms with Gasteiger partial charge in [-0.3, -0.25) is 0 Å². The molecule has 0 saturated carbocycles. The van der Waals surface area contributed by atoms with Crippen molar-refractivity contribution < 1.29 is 32.2 Å². The molecule has 36 heavy (non-hydrogen) atoms.